The quantitative estimate of drug-likeness (QED) is 0.701. The van der Waals surface area contributed by atoms with E-state index >= 15 is 0 Å². The number of nitrogens with two attached hydrogens (primary N) is 1. The van der Waals surface area contributed by atoms with Gasteiger partial charge in [-0.3, -0.25) is 0 Å². The van der Waals surface area contributed by atoms with E-state index in [1.165, 1.54) is 4.31 Å². The van der Waals surface area contributed by atoms with Gasteiger partial charge in [-0.05, 0) is 30.2 Å². The predicted molar refractivity (Wildman–Crippen MR) is 101 cm³/mol. The Bertz CT molecular complexity index is 964. The zero-order valence-electron chi connectivity index (χ0n) is 14.8. The molecule has 144 valence electrons. The van der Waals surface area contributed by atoms with Gasteiger partial charge in [-0.15, -0.1) is 0 Å². The Labute approximate surface area is 158 Å². The van der Waals surface area contributed by atoms with Crippen LogP contribution >= 0.6 is 0 Å². The molecule has 1 aromatic carbocycles. The maximum absolute atomic E-state index is 12.9. The molecule has 0 radical (unpaired) electrons. The lowest BCUT2D eigenvalue weighted by atomic mass is 10.0. The summed E-state index contributed by atoms with van der Waals surface area (Å²) in [7, 11) is -3.81. The molecule has 0 saturated carbocycles. The van der Waals surface area contributed by atoms with Crippen LogP contribution in [0.2, 0.25) is 0 Å². The molecule has 4 N–H and O–H groups in total. The van der Waals surface area contributed by atoms with E-state index in [4.69, 9.17) is 10.5 Å². The molecule has 8 nitrogen and oxygen atoms in total. The highest BCUT2D eigenvalue weighted by atomic mass is 32.2. The van der Waals surface area contributed by atoms with Crippen molar-refractivity contribution >= 4 is 15.8 Å². The third-order valence-corrected chi connectivity index (χ3v) is 6.77. The summed E-state index contributed by atoms with van der Waals surface area (Å²) in [5.41, 5.74) is 8.39. The van der Waals surface area contributed by atoms with Crippen LogP contribution < -0.4 is 15.8 Å². The first-order chi connectivity index (χ1) is 12.9. The fourth-order valence-corrected chi connectivity index (χ4v) is 4.97. The summed E-state index contributed by atoms with van der Waals surface area (Å²) in [6.45, 7) is 2.42. The average Bonchev–Trinajstić information content (AvgIpc) is 2.96. The van der Waals surface area contributed by atoms with Gasteiger partial charge in [0.05, 0.1) is 6.10 Å². The van der Waals surface area contributed by atoms with Crippen molar-refractivity contribution in [3.8, 4) is 16.9 Å². The minimum absolute atomic E-state index is 0.0292. The summed E-state index contributed by atoms with van der Waals surface area (Å²) < 4.78 is 32.8. The number of β-amino-alcohol motifs (C(OH)–C–C–N with tert-alkyl or cyclic N) is 1. The van der Waals surface area contributed by atoms with Crippen LogP contribution in [0.4, 0.5) is 5.82 Å². The smallest absolute Gasteiger partial charge is 0.246 e. The SMILES string of the molecule is Nc1ncc(-c2ccc3c(c2)CNCCO3)cc1S(=O)(=O)N1CC[C@@H](O)C1. The minimum Gasteiger partial charge on any atom is -0.492 e. The Morgan fingerprint density at radius 2 is 2.15 bits per heavy atom. The van der Waals surface area contributed by atoms with Gasteiger partial charge < -0.3 is 20.9 Å². The molecule has 27 heavy (non-hydrogen) atoms. The number of ether oxygens (including phenoxy) is 1. The summed E-state index contributed by atoms with van der Waals surface area (Å²) in [5.74, 6) is 0.783. The number of hydrogen-bond acceptors (Lipinski definition) is 7. The normalized spacial score (nSPS) is 20.7. The first kappa shape index (κ1) is 18.2. The molecule has 0 bridgehead atoms. The molecular formula is C18H22N4O4S. The van der Waals surface area contributed by atoms with Gasteiger partial charge in [0.15, 0.2) is 0 Å². The fourth-order valence-electron chi connectivity index (χ4n) is 3.38. The molecule has 9 heteroatoms. The van der Waals surface area contributed by atoms with Crippen molar-refractivity contribution in [2.45, 2.75) is 24.0 Å². The lowest BCUT2D eigenvalue weighted by Gasteiger charge is -2.17. The Balaban J connectivity index is 1.72. The average molecular weight is 390 g/mol. The van der Waals surface area contributed by atoms with Crippen LogP contribution in [0.5, 0.6) is 5.75 Å². The number of aromatic nitrogens is 1. The number of nitrogens with one attached hydrogen (secondary N) is 1. The summed E-state index contributed by atoms with van der Waals surface area (Å²) in [6, 6.07) is 7.29. The number of aliphatic hydroxyl groups is 1. The van der Waals surface area contributed by atoms with Crippen LogP contribution in [0.1, 0.15) is 12.0 Å². The third-order valence-electron chi connectivity index (χ3n) is 4.87. The summed E-state index contributed by atoms with van der Waals surface area (Å²) in [5, 5.41) is 13.0. The van der Waals surface area contributed by atoms with Gasteiger partial charge >= 0.3 is 0 Å². The number of rotatable bonds is 3. The van der Waals surface area contributed by atoms with Crippen LogP contribution in [-0.4, -0.2) is 55.2 Å². The topological polar surface area (TPSA) is 118 Å². The molecule has 4 rings (SSSR count). The Hall–Kier alpha value is -2.20. The molecule has 2 aromatic rings. The van der Waals surface area contributed by atoms with Gasteiger partial charge in [0.1, 0.15) is 23.1 Å². The molecule has 0 aliphatic carbocycles. The van der Waals surface area contributed by atoms with E-state index in [1.54, 1.807) is 12.3 Å². The predicted octanol–water partition coefficient (Wildman–Crippen LogP) is 0.568. The van der Waals surface area contributed by atoms with Crippen LogP contribution in [0.25, 0.3) is 11.1 Å². The van der Waals surface area contributed by atoms with Gasteiger partial charge in [0.25, 0.3) is 0 Å². The maximum atomic E-state index is 12.9. The van der Waals surface area contributed by atoms with E-state index < -0.39 is 16.1 Å². The van der Waals surface area contributed by atoms with E-state index in [2.05, 4.69) is 10.3 Å². The van der Waals surface area contributed by atoms with Crippen LogP contribution in [-0.2, 0) is 16.6 Å². The zero-order chi connectivity index (χ0) is 19.0. The highest BCUT2D eigenvalue weighted by molar-refractivity contribution is 7.89. The number of hydrogen-bond donors (Lipinski definition) is 3. The van der Waals surface area contributed by atoms with Crippen molar-refractivity contribution < 1.29 is 18.3 Å². The van der Waals surface area contributed by atoms with Gasteiger partial charge in [0, 0.05) is 43.5 Å². The summed E-state index contributed by atoms with van der Waals surface area (Å²) in [6.07, 6.45) is 1.35. The van der Waals surface area contributed by atoms with E-state index in [0.29, 0.717) is 25.1 Å². The van der Waals surface area contributed by atoms with Crippen LogP contribution in [0.3, 0.4) is 0 Å². The molecule has 2 aliphatic heterocycles. The molecule has 1 atom stereocenters. The maximum Gasteiger partial charge on any atom is 0.246 e. The molecule has 2 aliphatic rings. The van der Waals surface area contributed by atoms with Crippen molar-refractivity contribution in [3.63, 3.8) is 0 Å². The standard InChI is InChI=1S/C18H22N4O4S/c19-18-17(27(24,25)22-5-3-15(23)11-22)8-13(10-21-18)12-1-2-16-14(7-12)9-20-4-6-26-16/h1-2,7-8,10,15,20,23H,3-6,9,11H2,(H2,19,21)/t15-/m1/s1. The Morgan fingerprint density at radius 1 is 1.30 bits per heavy atom. The molecule has 1 saturated heterocycles. The van der Waals surface area contributed by atoms with Gasteiger partial charge in [-0.2, -0.15) is 4.31 Å². The second-order valence-corrected chi connectivity index (χ2v) is 8.67. The summed E-state index contributed by atoms with van der Waals surface area (Å²) >= 11 is 0. The lowest BCUT2D eigenvalue weighted by molar-refractivity contribution is 0.189. The Morgan fingerprint density at radius 3 is 2.93 bits per heavy atom. The van der Waals surface area contributed by atoms with E-state index in [9.17, 15) is 13.5 Å². The van der Waals surface area contributed by atoms with Crippen LogP contribution in [0, 0.1) is 0 Å². The monoisotopic (exact) mass is 390 g/mol. The number of nitrogens with zero attached hydrogens (tertiary/aromatic N) is 2. The van der Waals surface area contributed by atoms with Crippen molar-refractivity contribution in [2.75, 3.05) is 32.0 Å². The lowest BCUT2D eigenvalue weighted by Crippen LogP contribution is -2.30. The highest BCUT2D eigenvalue weighted by Crippen LogP contribution is 2.31. The van der Waals surface area contributed by atoms with Crippen molar-refractivity contribution in [3.05, 3.63) is 36.0 Å². The number of sulfonamides is 1. The number of nitrogen functional groups attached to an aromatic ring is 1. The number of fused-ring (bicyclic) bond motifs is 1. The molecule has 0 unspecified atom stereocenters. The molecule has 3 heterocycles. The number of anilines is 1. The molecule has 0 spiro atoms. The molecule has 0 amide bonds. The van der Waals surface area contributed by atoms with E-state index in [1.807, 2.05) is 18.2 Å². The number of pyridine rings is 1. The van der Waals surface area contributed by atoms with Gasteiger partial charge in [0.2, 0.25) is 10.0 Å². The van der Waals surface area contributed by atoms with Crippen LogP contribution in [0.15, 0.2) is 35.4 Å². The van der Waals surface area contributed by atoms with Gasteiger partial charge in [-0.25, -0.2) is 13.4 Å². The van der Waals surface area contributed by atoms with Crippen molar-refractivity contribution in [1.82, 2.24) is 14.6 Å². The summed E-state index contributed by atoms with van der Waals surface area (Å²) in [4.78, 5) is 4.08. The van der Waals surface area contributed by atoms with E-state index in [-0.39, 0.29) is 23.8 Å². The molecule has 1 fully saturated rings. The third kappa shape index (κ3) is 3.51. The molecular weight excluding hydrogens is 368 g/mol. The Kier molecular flexibility index (Phi) is 4.77. The zero-order valence-corrected chi connectivity index (χ0v) is 15.6. The minimum atomic E-state index is -3.81. The number of aliphatic hydroxyl groups excluding tert-OH is 1. The number of benzene rings is 1. The largest absolute Gasteiger partial charge is 0.492 e. The van der Waals surface area contributed by atoms with Crippen molar-refractivity contribution in [2.24, 2.45) is 0 Å². The first-order valence-corrected chi connectivity index (χ1v) is 10.3. The van der Waals surface area contributed by atoms with E-state index in [0.717, 1.165) is 23.4 Å². The second kappa shape index (κ2) is 7.08. The van der Waals surface area contributed by atoms with Gasteiger partial charge in [-0.1, -0.05) is 6.07 Å². The highest BCUT2D eigenvalue weighted by Gasteiger charge is 2.33. The first-order valence-electron chi connectivity index (χ1n) is 8.86. The molecule has 1 aromatic heterocycles. The van der Waals surface area contributed by atoms with Crippen molar-refractivity contribution in [1.29, 1.82) is 0 Å². The second-order valence-electron chi connectivity index (χ2n) is 6.76. The fraction of sp³-hybridized carbons (Fsp3) is 0.389.